The predicted molar refractivity (Wildman–Crippen MR) is 164 cm³/mol. The van der Waals surface area contributed by atoms with Crippen LogP contribution in [0.1, 0.15) is 46.6 Å². The summed E-state index contributed by atoms with van der Waals surface area (Å²) in [5.74, 6) is -0.618. The maximum absolute atomic E-state index is 13.8. The van der Waals surface area contributed by atoms with Crippen molar-refractivity contribution in [3.05, 3.63) is 54.1 Å². The van der Waals surface area contributed by atoms with Crippen LogP contribution >= 0.6 is 0 Å². The number of hydrogen-bond acceptors (Lipinski definition) is 9. The van der Waals surface area contributed by atoms with Crippen molar-refractivity contribution in [1.29, 1.82) is 0 Å². The average molecular weight is 623 g/mol. The number of benzene rings is 2. The van der Waals surface area contributed by atoms with Crippen molar-refractivity contribution in [2.45, 2.75) is 70.5 Å². The number of likely N-dealkylation sites (N-methyl/N-ethyl adjacent to an activating group) is 1. The van der Waals surface area contributed by atoms with Crippen molar-refractivity contribution in [2.75, 3.05) is 45.7 Å². The van der Waals surface area contributed by atoms with Crippen molar-refractivity contribution >= 4 is 27.7 Å². The summed E-state index contributed by atoms with van der Waals surface area (Å²) in [5, 5.41) is 5.45. The number of carbonyl (C=O) groups is 2. The zero-order chi connectivity index (χ0) is 32.0. The molecule has 2 aromatic rings. The molecular formula is C30H46N4O8S. The Balaban J connectivity index is 2.41. The topological polar surface area (TPSA) is 145 Å². The Bertz CT molecular complexity index is 1260. The number of esters is 1. The van der Waals surface area contributed by atoms with Crippen LogP contribution in [-0.2, 0) is 35.6 Å². The molecule has 0 aliphatic heterocycles. The van der Waals surface area contributed by atoms with Crippen molar-refractivity contribution in [3.8, 4) is 5.75 Å². The zero-order valence-electron chi connectivity index (χ0n) is 26.1. The standard InChI is InChI=1S/C30H46N4O8S/c1-8-39-28(40-9-2)24(20-27(35)42-30(3,4)5)33-43(37,38)26-16-15-23(32-29(36)31-17-18-34(6)7)19-25(26)41-21-22-13-11-10-12-14-22/h10-16,19,24,28,33H,8-9,17-18,20-21H2,1-7H3,(H2,31,32,36). The molecule has 12 nitrogen and oxygen atoms in total. The maximum Gasteiger partial charge on any atom is 0.319 e. The van der Waals surface area contributed by atoms with Gasteiger partial charge in [0.15, 0.2) is 6.29 Å². The number of anilines is 1. The first-order valence-electron chi connectivity index (χ1n) is 14.2. The lowest BCUT2D eigenvalue weighted by Gasteiger charge is -2.28. The Hall–Kier alpha value is -3.23. The molecule has 1 unspecified atom stereocenters. The molecule has 13 heteroatoms. The highest BCUT2D eigenvalue weighted by atomic mass is 32.2. The van der Waals surface area contributed by atoms with Crippen LogP contribution in [0.15, 0.2) is 53.4 Å². The van der Waals surface area contributed by atoms with E-state index in [9.17, 15) is 18.0 Å². The van der Waals surface area contributed by atoms with Crippen LogP contribution in [0.3, 0.4) is 0 Å². The van der Waals surface area contributed by atoms with E-state index in [0.29, 0.717) is 18.8 Å². The molecule has 0 aliphatic rings. The molecule has 240 valence electrons. The van der Waals surface area contributed by atoms with Gasteiger partial charge in [0.05, 0.1) is 12.5 Å². The van der Waals surface area contributed by atoms with E-state index in [2.05, 4.69) is 15.4 Å². The first-order valence-corrected chi connectivity index (χ1v) is 15.7. The number of rotatable bonds is 17. The molecule has 43 heavy (non-hydrogen) atoms. The van der Waals surface area contributed by atoms with Crippen LogP contribution < -0.4 is 20.1 Å². The van der Waals surface area contributed by atoms with Gasteiger partial charge < -0.3 is 34.5 Å². The molecule has 0 aliphatic carbocycles. The molecule has 0 aromatic heterocycles. The van der Waals surface area contributed by atoms with E-state index >= 15 is 0 Å². The predicted octanol–water partition coefficient (Wildman–Crippen LogP) is 3.73. The molecule has 3 N–H and O–H groups in total. The highest BCUT2D eigenvalue weighted by Crippen LogP contribution is 2.29. The average Bonchev–Trinajstić information content (AvgIpc) is 2.90. The highest BCUT2D eigenvalue weighted by Gasteiger charge is 2.33. The Morgan fingerprint density at radius 1 is 0.977 bits per heavy atom. The molecule has 2 aromatic carbocycles. The van der Waals surface area contributed by atoms with Gasteiger partial charge in [0.25, 0.3) is 0 Å². The fourth-order valence-corrected chi connectivity index (χ4v) is 5.20. The van der Waals surface area contributed by atoms with Gasteiger partial charge in [0.2, 0.25) is 10.0 Å². The Morgan fingerprint density at radius 2 is 1.63 bits per heavy atom. The minimum Gasteiger partial charge on any atom is -0.487 e. The Labute approximate surface area is 255 Å². The van der Waals surface area contributed by atoms with Crippen LogP contribution in [0.2, 0.25) is 0 Å². The summed E-state index contributed by atoms with van der Waals surface area (Å²) in [7, 11) is -0.521. The second-order valence-corrected chi connectivity index (χ2v) is 12.6. The van der Waals surface area contributed by atoms with Crippen LogP contribution in [-0.4, -0.2) is 83.6 Å². The molecule has 0 spiro atoms. The van der Waals surface area contributed by atoms with Gasteiger partial charge in [-0.25, -0.2) is 17.9 Å². The second kappa shape index (κ2) is 17.2. The summed E-state index contributed by atoms with van der Waals surface area (Å²) in [4.78, 5) is 26.9. The van der Waals surface area contributed by atoms with E-state index in [0.717, 1.165) is 5.56 Å². The monoisotopic (exact) mass is 622 g/mol. The van der Waals surface area contributed by atoms with Crippen LogP contribution in [0.4, 0.5) is 10.5 Å². The van der Waals surface area contributed by atoms with Gasteiger partial charge in [0.1, 0.15) is 22.9 Å². The fraction of sp³-hybridized carbons (Fsp3) is 0.533. The number of amides is 2. The van der Waals surface area contributed by atoms with Gasteiger partial charge >= 0.3 is 12.0 Å². The molecule has 1 atom stereocenters. The second-order valence-electron chi connectivity index (χ2n) is 10.9. The molecule has 0 saturated heterocycles. The van der Waals surface area contributed by atoms with Gasteiger partial charge in [-0.05, 0) is 66.4 Å². The lowest BCUT2D eigenvalue weighted by Crippen LogP contribution is -2.47. The summed E-state index contributed by atoms with van der Waals surface area (Å²) < 4.78 is 53.0. The fourth-order valence-electron chi connectivity index (χ4n) is 3.85. The lowest BCUT2D eigenvalue weighted by atomic mass is 10.1. The summed E-state index contributed by atoms with van der Waals surface area (Å²) in [6.45, 7) is 10.2. The van der Waals surface area contributed by atoms with E-state index in [1.165, 1.54) is 18.2 Å². The van der Waals surface area contributed by atoms with Gasteiger partial charge in [0, 0.05) is 38.1 Å². The van der Waals surface area contributed by atoms with Crippen molar-refractivity contribution in [2.24, 2.45) is 0 Å². The molecule has 2 rings (SSSR count). The third kappa shape index (κ3) is 13.3. The molecule has 0 bridgehead atoms. The molecule has 0 heterocycles. The minimum atomic E-state index is -4.31. The number of carbonyl (C=O) groups excluding carboxylic acids is 2. The third-order valence-electron chi connectivity index (χ3n) is 5.68. The summed E-state index contributed by atoms with van der Waals surface area (Å²) in [5.41, 5.74) is 0.373. The highest BCUT2D eigenvalue weighted by molar-refractivity contribution is 7.89. The zero-order valence-corrected chi connectivity index (χ0v) is 27.0. The molecule has 0 radical (unpaired) electrons. The molecule has 0 fully saturated rings. The number of hydrogen-bond donors (Lipinski definition) is 3. The smallest absolute Gasteiger partial charge is 0.319 e. The van der Waals surface area contributed by atoms with Crippen LogP contribution in [0, 0.1) is 0 Å². The van der Waals surface area contributed by atoms with E-state index in [1.54, 1.807) is 34.6 Å². The Morgan fingerprint density at radius 3 is 2.21 bits per heavy atom. The van der Waals surface area contributed by atoms with Gasteiger partial charge in [-0.3, -0.25) is 4.79 Å². The van der Waals surface area contributed by atoms with Crippen LogP contribution in [0.5, 0.6) is 5.75 Å². The van der Waals surface area contributed by atoms with E-state index in [4.69, 9.17) is 18.9 Å². The van der Waals surface area contributed by atoms with Gasteiger partial charge in [-0.15, -0.1) is 0 Å². The first kappa shape index (κ1) is 36.0. The largest absolute Gasteiger partial charge is 0.487 e. The Kier molecular flexibility index (Phi) is 14.4. The molecule has 0 saturated carbocycles. The quantitative estimate of drug-likeness (QED) is 0.178. The number of nitrogens with zero attached hydrogens (tertiary/aromatic N) is 1. The number of ether oxygens (including phenoxy) is 4. The number of sulfonamides is 1. The van der Waals surface area contributed by atoms with Crippen molar-refractivity contribution < 1.29 is 37.0 Å². The SMILES string of the molecule is CCOC(OCC)C(CC(=O)OC(C)(C)C)NS(=O)(=O)c1ccc(NC(=O)NCCN(C)C)cc1OCc1ccccc1. The third-order valence-corrected chi connectivity index (χ3v) is 7.21. The summed E-state index contributed by atoms with van der Waals surface area (Å²) in [6.07, 6.45) is -1.40. The first-order chi connectivity index (χ1) is 20.2. The normalized spacial score (nSPS) is 12.7. The van der Waals surface area contributed by atoms with Gasteiger partial charge in [-0.1, -0.05) is 30.3 Å². The number of urea groups is 1. The molecule has 2 amide bonds. The van der Waals surface area contributed by atoms with Crippen LogP contribution in [0.25, 0.3) is 0 Å². The lowest BCUT2D eigenvalue weighted by molar-refractivity contribution is -0.169. The summed E-state index contributed by atoms with van der Waals surface area (Å²) in [6, 6.07) is 11.9. The molecular weight excluding hydrogens is 576 g/mol. The summed E-state index contributed by atoms with van der Waals surface area (Å²) >= 11 is 0. The van der Waals surface area contributed by atoms with Crippen molar-refractivity contribution in [3.63, 3.8) is 0 Å². The van der Waals surface area contributed by atoms with E-state index in [-0.39, 0.29) is 36.9 Å². The number of nitrogens with one attached hydrogen (secondary N) is 3. The van der Waals surface area contributed by atoms with Crippen molar-refractivity contribution in [1.82, 2.24) is 14.9 Å². The van der Waals surface area contributed by atoms with Gasteiger partial charge in [-0.2, -0.15) is 0 Å². The van der Waals surface area contributed by atoms with E-state index < -0.39 is 40.0 Å². The van der Waals surface area contributed by atoms with E-state index in [1.807, 2.05) is 49.3 Å². The minimum absolute atomic E-state index is 0.00262. The maximum atomic E-state index is 13.8.